The van der Waals surface area contributed by atoms with Gasteiger partial charge in [0.2, 0.25) is 10.0 Å². The Morgan fingerprint density at radius 1 is 1.12 bits per heavy atom. The molecule has 186 valence electrons. The Morgan fingerprint density at radius 3 is 2.35 bits per heavy atom. The minimum Gasteiger partial charge on any atom is -0.462 e. The maximum Gasteiger partial charge on any atom is 0.341 e. The standard InChI is InChI=1S/C24H33N3O5S2/c1-5-13-27(14-6-2)34(30,31)18-10-8-17(9-11-18)22(28)25-23-21(24(29)32-7-3)19-12-15-26(4)16-20(19)33-23/h8-11H,5-7,12-16H2,1-4H3,(H,25,28). The SMILES string of the molecule is CCCN(CCC)S(=O)(=O)c1ccc(C(=O)Nc2sc3c(c2C(=O)OCC)CCN(C)C3)cc1. The summed E-state index contributed by atoms with van der Waals surface area (Å²) in [4.78, 5) is 29.0. The Bertz CT molecular complexity index is 1120. The zero-order valence-corrected chi connectivity index (χ0v) is 21.9. The van der Waals surface area contributed by atoms with E-state index >= 15 is 0 Å². The number of esters is 1. The number of nitrogens with one attached hydrogen (secondary N) is 1. The number of benzene rings is 1. The Morgan fingerprint density at radius 2 is 1.76 bits per heavy atom. The van der Waals surface area contributed by atoms with Crippen LogP contribution in [0.5, 0.6) is 0 Å². The summed E-state index contributed by atoms with van der Waals surface area (Å²) < 4.78 is 32.7. The third kappa shape index (κ3) is 5.68. The fraction of sp³-hybridized carbons (Fsp3) is 0.500. The number of hydrogen-bond donors (Lipinski definition) is 1. The lowest BCUT2D eigenvalue weighted by Crippen LogP contribution is -2.32. The number of fused-ring (bicyclic) bond motifs is 1. The van der Waals surface area contributed by atoms with Crippen molar-refractivity contribution in [3.63, 3.8) is 0 Å². The van der Waals surface area contributed by atoms with E-state index < -0.39 is 21.9 Å². The molecule has 8 nitrogen and oxygen atoms in total. The molecule has 0 unspecified atom stereocenters. The number of sulfonamides is 1. The number of hydrogen-bond acceptors (Lipinski definition) is 7. The first-order chi connectivity index (χ1) is 16.2. The zero-order valence-electron chi connectivity index (χ0n) is 20.2. The van der Waals surface area contributed by atoms with Gasteiger partial charge in [0.15, 0.2) is 0 Å². The monoisotopic (exact) mass is 507 g/mol. The molecule has 0 atom stereocenters. The molecule has 1 aliphatic rings. The van der Waals surface area contributed by atoms with Gasteiger partial charge in [-0.15, -0.1) is 11.3 Å². The van der Waals surface area contributed by atoms with Crippen molar-refractivity contribution in [2.75, 3.05) is 38.6 Å². The molecule has 1 amide bonds. The molecule has 1 aromatic carbocycles. The van der Waals surface area contributed by atoms with Crippen molar-refractivity contribution in [2.24, 2.45) is 0 Å². The maximum absolute atomic E-state index is 13.0. The zero-order chi connectivity index (χ0) is 24.9. The van der Waals surface area contributed by atoms with Gasteiger partial charge in [-0.2, -0.15) is 4.31 Å². The van der Waals surface area contributed by atoms with Crippen molar-refractivity contribution in [2.45, 2.75) is 51.5 Å². The molecule has 0 fully saturated rings. The summed E-state index contributed by atoms with van der Waals surface area (Å²) in [5.41, 5.74) is 1.68. The lowest BCUT2D eigenvalue weighted by atomic mass is 10.0. The number of rotatable bonds is 10. The van der Waals surface area contributed by atoms with Gasteiger partial charge in [0.05, 0.1) is 17.1 Å². The van der Waals surface area contributed by atoms with Crippen LogP contribution in [0.15, 0.2) is 29.2 Å². The number of carbonyl (C=O) groups is 2. The van der Waals surface area contributed by atoms with E-state index in [0.717, 1.165) is 29.8 Å². The molecular weight excluding hydrogens is 474 g/mol. The lowest BCUT2D eigenvalue weighted by molar-refractivity contribution is 0.0526. The summed E-state index contributed by atoms with van der Waals surface area (Å²) >= 11 is 1.39. The number of nitrogens with zero attached hydrogens (tertiary/aromatic N) is 2. The van der Waals surface area contributed by atoms with E-state index in [0.29, 0.717) is 42.2 Å². The minimum atomic E-state index is -3.62. The van der Waals surface area contributed by atoms with Crippen LogP contribution in [0.4, 0.5) is 5.00 Å². The van der Waals surface area contributed by atoms with Crippen LogP contribution in [0.2, 0.25) is 0 Å². The van der Waals surface area contributed by atoms with Gasteiger partial charge >= 0.3 is 5.97 Å². The van der Waals surface area contributed by atoms with Crippen LogP contribution in [0, 0.1) is 0 Å². The molecule has 1 N–H and O–H groups in total. The van der Waals surface area contributed by atoms with Gasteiger partial charge in [0.1, 0.15) is 5.00 Å². The average molecular weight is 508 g/mol. The van der Waals surface area contributed by atoms with E-state index in [1.165, 1.54) is 39.9 Å². The number of anilines is 1. The summed E-state index contributed by atoms with van der Waals surface area (Å²) in [5.74, 6) is -0.839. The van der Waals surface area contributed by atoms with E-state index in [1.807, 2.05) is 20.9 Å². The summed E-state index contributed by atoms with van der Waals surface area (Å²) in [6, 6.07) is 5.93. The van der Waals surface area contributed by atoms with Crippen molar-refractivity contribution in [3.05, 3.63) is 45.8 Å². The van der Waals surface area contributed by atoms with E-state index in [9.17, 15) is 18.0 Å². The first-order valence-corrected chi connectivity index (χ1v) is 13.9. The topological polar surface area (TPSA) is 96.0 Å². The molecule has 0 saturated heterocycles. The van der Waals surface area contributed by atoms with Gasteiger partial charge in [0.25, 0.3) is 5.91 Å². The van der Waals surface area contributed by atoms with Gasteiger partial charge in [-0.1, -0.05) is 13.8 Å². The van der Waals surface area contributed by atoms with Crippen LogP contribution >= 0.6 is 11.3 Å². The molecule has 0 bridgehead atoms. The molecule has 0 aliphatic carbocycles. The summed E-state index contributed by atoms with van der Waals surface area (Å²) in [5, 5.41) is 3.33. The number of ether oxygens (including phenoxy) is 1. The molecule has 0 saturated carbocycles. The maximum atomic E-state index is 13.0. The summed E-state index contributed by atoms with van der Waals surface area (Å²) in [7, 11) is -1.60. The number of thiophene rings is 1. The molecule has 0 radical (unpaired) electrons. The van der Waals surface area contributed by atoms with Crippen molar-refractivity contribution in [1.82, 2.24) is 9.21 Å². The largest absolute Gasteiger partial charge is 0.462 e. The van der Waals surface area contributed by atoms with Crippen LogP contribution in [-0.4, -0.2) is 62.8 Å². The highest BCUT2D eigenvalue weighted by Crippen LogP contribution is 2.37. The number of amides is 1. The molecule has 3 rings (SSSR count). The van der Waals surface area contributed by atoms with Crippen LogP contribution in [0.3, 0.4) is 0 Å². The molecule has 1 aromatic heterocycles. The highest BCUT2D eigenvalue weighted by molar-refractivity contribution is 7.89. The fourth-order valence-electron chi connectivity index (χ4n) is 3.99. The van der Waals surface area contributed by atoms with Gasteiger partial charge < -0.3 is 15.0 Å². The van der Waals surface area contributed by atoms with Gasteiger partial charge in [0, 0.05) is 36.6 Å². The van der Waals surface area contributed by atoms with Gasteiger partial charge in [-0.05, 0) is 63.1 Å². The predicted molar refractivity (Wildman–Crippen MR) is 134 cm³/mol. The molecule has 2 heterocycles. The van der Waals surface area contributed by atoms with Crippen LogP contribution in [0.1, 0.15) is 64.8 Å². The van der Waals surface area contributed by atoms with E-state index in [2.05, 4.69) is 10.2 Å². The van der Waals surface area contributed by atoms with Crippen LogP contribution < -0.4 is 5.32 Å². The quantitative estimate of drug-likeness (QED) is 0.489. The van der Waals surface area contributed by atoms with Crippen LogP contribution in [0.25, 0.3) is 0 Å². The first-order valence-electron chi connectivity index (χ1n) is 11.6. The normalized spacial score (nSPS) is 14.1. The summed E-state index contributed by atoms with van der Waals surface area (Å²) in [6.07, 6.45) is 2.16. The van der Waals surface area contributed by atoms with Gasteiger partial charge in [-0.25, -0.2) is 13.2 Å². The second kappa shape index (κ2) is 11.4. The first kappa shape index (κ1) is 26.3. The Labute approximate surface area is 205 Å². The summed E-state index contributed by atoms with van der Waals surface area (Å²) in [6.45, 7) is 8.32. The van der Waals surface area contributed by atoms with Gasteiger partial charge in [-0.3, -0.25) is 4.79 Å². The molecule has 0 spiro atoms. The molecule has 2 aromatic rings. The Kier molecular flexibility index (Phi) is 8.86. The molecule has 34 heavy (non-hydrogen) atoms. The lowest BCUT2D eigenvalue weighted by Gasteiger charge is -2.22. The predicted octanol–water partition coefficient (Wildman–Crippen LogP) is 3.98. The minimum absolute atomic E-state index is 0.160. The molecule has 1 aliphatic heterocycles. The smallest absolute Gasteiger partial charge is 0.341 e. The number of likely N-dealkylation sites (N-methyl/N-ethyl adjacent to an activating group) is 1. The van der Waals surface area contributed by atoms with Crippen molar-refractivity contribution in [1.29, 1.82) is 0 Å². The van der Waals surface area contributed by atoms with Crippen LogP contribution in [-0.2, 0) is 27.7 Å². The third-order valence-electron chi connectivity index (χ3n) is 5.65. The van der Waals surface area contributed by atoms with E-state index in [1.54, 1.807) is 6.92 Å². The second-order valence-corrected chi connectivity index (χ2v) is 11.3. The average Bonchev–Trinajstić information content (AvgIpc) is 3.15. The van der Waals surface area contributed by atoms with E-state index in [4.69, 9.17) is 4.74 Å². The number of carbonyl (C=O) groups excluding carboxylic acids is 2. The highest BCUT2D eigenvalue weighted by Gasteiger charge is 2.29. The van der Waals surface area contributed by atoms with Crippen molar-refractivity contribution >= 4 is 38.2 Å². The van der Waals surface area contributed by atoms with E-state index in [-0.39, 0.29) is 11.5 Å². The highest BCUT2D eigenvalue weighted by atomic mass is 32.2. The second-order valence-electron chi connectivity index (χ2n) is 8.30. The molecular formula is C24H33N3O5S2. The fourth-order valence-corrected chi connectivity index (χ4v) is 6.93. The Hall–Kier alpha value is -2.27. The Balaban J connectivity index is 1.84. The van der Waals surface area contributed by atoms with Crippen molar-refractivity contribution in [3.8, 4) is 0 Å². The molecule has 10 heteroatoms. The third-order valence-corrected chi connectivity index (χ3v) is 8.70. The van der Waals surface area contributed by atoms with Crippen molar-refractivity contribution < 1.29 is 22.7 Å².